The van der Waals surface area contributed by atoms with E-state index in [0.29, 0.717) is 22.3 Å². The number of aryl methyl sites for hydroxylation is 1. The topological polar surface area (TPSA) is 86.8 Å². The Kier molecular flexibility index (Phi) is 3.39. The Morgan fingerprint density at radius 3 is 3.17 bits per heavy atom. The van der Waals surface area contributed by atoms with Crippen molar-refractivity contribution in [3.05, 3.63) is 57.6 Å². The fourth-order valence-electron chi connectivity index (χ4n) is 3.01. The number of nitrogens with zero attached hydrogens (tertiary/aromatic N) is 4. The number of hydrogen-bond donors (Lipinski definition) is 1. The molecule has 1 aliphatic carbocycles. The molecular weight excluding hydrogens is 310 g/mol. The third-order valence-electron chi connectivity index (χ3n) is 4.16. The van der Waals surface area contributed by atoms with E-state index in [1.807, 2.05) is 6.07 Å². The van der Waals surface area contributed by atoms with Gasteiger partial charge in [0.05, 0.1) is 6.20 Å². The van der Waals surface area contributed by atoms with Gasteiger partial charge in [-0.3, -0.25) is 4.98 Å². The number of nitriles is 1. The molecule has 23 heavy (non-hydrogen) atoms. The quantitative estimate of drug-likeness (QED) is 0.746. The molecular formula is C16H13N5OS. The van der Waals surface area contributed by atoms with Crippen molar-refractivity contribution in [3.63, 3.8) is 0 Å². The zero-order chi connectivity index (χ0) is 15.8. The summed E-state index contributed by atoms with van der Waals surface area (Å²) in [7, 11) is 0. The second-order valence-corrected chi connectivity index (χ2v) is 6.51. The van der Waals surface area contributed by atoms with Gasteiger partial charge in [-0.15, -0.1) is 0 Å². The maximum Gasteiger partial charge on any atom is 0.350 e. The van der Waals surface area contributed by atoms with Crippen LogP contribution >= 0.6 is 11.8 Å². The number of benzene rings is 1. The summed E-state index contributed by atoms with van der Waals surface area (Å²) in [5, 5.41) is 13.5. The molecule has 2 aromatic heterocycles. The second-order valence-electron chi connectivity index (χ2n) is 5.50. The smallest absolute Gasteiger partial charge is 0.285 e. The third kappa shape index (κ3) is 2.41. The van der Waals surface area contributed by atoms with Crippen LogP contribution in [0.1, 0.15) is 29.0 Å². The van der Waals surface area contributed by atoms with Crippen molar-refractivity contribution in [3.8, 4) is 6.07 Å². The first-order valence-corrected chi connectivity index (χ1v) is 8.33. The molecule has 0 amide bonds. The van der Waals surface area contributed by atoms with Crippen molar-refractivity contribution < 1.29 is 0 Å². The highest BCUT2D eigenvalue weighted by Gasteiger charge is 2.22. The second kappa shape index (κ2) is 5.56. The number of rotatable bonds is 3. The van der Waals surface area contributed by atoms with Crippen LogP contribution < -0.4 is 5.69 Å². The summed E-state index contributed by atoms with van der Waals surface area (Å²) in [6.45, 7) is 0. The van der Waals surface area contributed by atoms with Gasteiger partial charge in [-0.1, -0.05) is 36.0 Å². The maximum atomic E-state index is 12.0. The van der Waals surface area contributed by atoms with Crippen LogP contribution in [0, 0.1) is 11.3 Å². The highest BCUT2D eigenvalue weighted by Crippen LogP contribution is 2.36. The van der Waals surface area contributed by atoms with Crippen LogP contribution in [-0.4, -0.2) is 25.3 Å². The Balaban J connectivity index is 1.60. The van der Waals surface area contributed by atoms with Gasteiger partial charge in [0.15, 0.2) is 10.8 Å². The van der Waals surface area contributed by atoms with E-state index in [2.05, 4.69) is 39.3 Å². The van der Waals surface area contributed by atoms with Crippen LogP contribution in [0.2, 0.25) is 0 Å². The first-order valence-electron chi connectivity index (χ1n) is 7.35. The minimum atomic E-state index is -0.370. The Morgan fingerprint density at radius 2 is 2.30 bits per heavy atom. The molecule has 1 atom stereocenters. The van der Waals surface area contributed by atoms with Crippen LogP contribution in [0.5, 0.6) is 0 Å². The molecule has 1 aliphatic rings. The molecule has 1 N–H and O–H groups in total. The predicted octanol–water partition coefficient (Wildman–Crippen LogP) is 2.11. The van der Waals surface area contributed by atoms with Crippen molar-refractivity contribution in [2.75, 3.05) is 5.75 Å². The van der Waals surface area contributed by atoms with Crippen molar-refractivity contribution in [2.24, 2.45) is 0 Å². The number of hydrogen-bond acceptors (Lipinski definition) is 5. The molecule has 0 saturated heterocycles. The molecule has 0 spiro atoms. The molecule has 7 heteroatoms. The minimum Gasteiger partial charge on any atom is -0.285 e. The summed E-state index contributed by atoms with van der Waals surface area (Å²) in [6, 6.07) is 10.5. The van der Waals surface area contributed by atoms with Gasteiger partial charge in [-0.2, -0.15) is 14.9 Å². The molecule has 0 radical (unpaired) electrons. The SMILES string of the molecule is N#Cc1cnn2c(=O)[nH]c(SCC3CCc4ccccc43)nc12. The largest absolute Gasteiger partial charge is 0.350 e. The Bertz CT molecular complexity index is 984. The van der Waals surface area contributed by atoms with Crippen molar-refractivity contribution in [1.82, 2.24) is 19.6 Å². The van der Waals surface area contributed by atoms with Crippen LogP contribution in [-0.2, 0) is 6.42 Å². The molecule has 6 nitrogen and oxygen atoms in total. The van der Waals surface area contributed by atoms with Gasteiger partial charge in [-0.25, -0.2) is 9.78 Å². The average Bonchev–Trinajstić information content (AvgIpc) is 3.17. The lowest BCUT2D eigenvalue weighted by molar-refractivity contribution is 0.750. The van der Waals surface area contributed by atoms with Gasteiger partial charge in [0.2, 0.25) is 0 Å². The highest BCUT2D eigenvalue weighted by molar-refractivity contribution is 7.99. The van der Waals surface area contributed by atoms with E-state index in [1.54, 1.807) is 0 Å². The summed E-state index contributed by atoms with van der Waals surface area (Å²) < 4.78 is 1.12. The predicted molar refractivity (Wildman–Crippen MR) is 86.6 cm³/mol. The van der Waals surface area contributed by atoms with Crippen LogP contribution in [0.15, 0.2) is 40.4 Å². The first kappa shape index (κ1) is 14.0. The number of thioether (sulfide) groups is 1. The first-order chi connectivity index (χ1) is 11.3. The molecule has 114 valence electrons. The fourth-order valence-corrected chi connectivity index (χ4v) is 4.03. The number of aromatic nitrogens is 4. The van der Waals surface area contributed by atoms with E-state index >= 15 is 0 Å². The van der Waals surface area contributed by atoms with Crippen molar-refractivity contribution in [1.29, 1.82) is 5.26 Å². The average molecular weight is 323 g/mol. The lowest BCUT2D eigenvalue weighted by Crippen LogP contribution is -2.19. The molecule has 3 aromatic rings. The molecule has 1 unspecified atom stereocenters. The van der Waals surface area contributed by atoms with Gasteiger partial charge in [0.25, 0.3) is 0 Å². The van der Waals surface area contributed by atoms with E-state index in [9.17, 15) is 4.79 Å². The molecule has 1 aromatic carbocycles. The summed E-state index contributed by atoms with van der Waals surface area (Å²) in [6.07, 6.45) is 3.58. The monoisotopic (exact) mass is 323 g/mol. The lowest BCUT2D eigenvalue weighted by atomic mass is 10.0. The fraction of sp³-hybridized carbons (Fsp3) is 0.250. The highest BCUT2D eigenvalue weighted by atomic mass is 32.2. The van der Waals surface area contributed by atoms with Crippen LogP contribution in [0.25, 0.3) is 5.65 Å². The summed E-state index contributed by atoms with van der Waals surface area (Å²) in [5.41, 5.74) is 3.06. The van der Waals surface area contributed by atoms with Gasteiger partial charge in [0.1, 0.15) is 11.6 Å². The molecule has 0 saturated carbocycles. The Morgan fingerprint density at radius 1 is 1.43 bits per heavy atom. The normalized spacial score (nSPS) is 16.4. The molecule has 4 rings (SSSR count). The maximum absolute atomic E-state index is 12.0. The Hall–Kier alpha value is -2.59. The molecule has 0 aliphatic heterocycles. The summed E-state index contributed by atoms with van der Waals surface area (Å²) in [5.74, 6) is 1.32. The number of H-pyrrole nitrogens is 1. The van der Waals surface area contributed by atoms with Crippen LogP contribution in [0.3, 0.4) is 0 Å². The minimum absolute atomic E-state index is 0.309. The standard InChI is InChI=1S/C16H13N5OS/c17-7-12-8-18-21-14(12)19-15(20-16(21)22)23-9-11-6-5-10-3-1-2-4-13(10)11/h1-4,8,11H,5-6,9H2,(H,19,20,22). The van der Waals surface area contributed by atoms with E-state index in [1.165, 1.54) is 29.1 Å². The van der Waals surface area contributed by atoms with Crippen LogP contribution in [0.4, 0.5) is 0 Å². The number of aromatic amines is 1. The number of nitrogens with one attached hydrogen (secondary N) is 1. The van der Waals surface area contributed by atoms with Gasteiger partial charge < -0.3 is 0 Å². The van der Waals surface area contributed by atoms with E-state index in [4.69, 9.17) is 5.26 Å². The summed E-state index contributed by atoms with van der Waals surface area (Å²) in [4.78, 5) is 19.1. The zero-order valence-electron chi connectivity index (χ0n) is 12.2. The lowest BCUT2D eigenvalue weighted by Gasteiger charge is -2.10. The van der Waals surface area contributed by atoms with Crippen molar-refractivity contribution in [2.45, 2.75) is 23.9 Å². The van der Waals surface area contributed by atoms with Gasteiger partial charge >= 0.3 is 5.69 Å². The van der Waals surface area contributed by atoms with Gasteiger partial charge in [0, 0.05) is 5.75 Å². The molecule has 0 bridgehead atoms. The number of fused-ring (bicyclic) bond motifs is 2. The molecule has 2 heterocycles. The van der Waals surface area contributed by atoms with Gasteiger partial charge in [-0.05, 0) is 29.9 Å². The van der Waals surface area contributed by atoms with E-state index < -0.39 is 0 Å². The molecule has 0 fully saturated rings. The Labute approximate surface area is 136 Å². The van der Waals surface area contributed by atoms with E-state index in [-0.39, 0.29) is 5.69 Å². The zero-order valence-corrected chi connectivity index (χ0v) is 13.0. The summed E-state index contributed by atoms with van der Waals surface area (Å²) >= 11 is 1.52. The van der Waals surface area contributed by atoms with E-state index in [0.717, 1.165) is 23.1 Å². The van der Waals surface area contributed by atoms with Crippen molar-refractivity contribution >= 4 is 17.4 Å². The third-order valence-corrected chi connectivity index (χ3v) is 5.19.